The van der Waals surface area contributed by atoms with E-state index in [1.807, 2.05) is 0 Å². The van der Waals surface area contributed by atoms with Crippen molar-refractivity contribution in [1.29, 1.82) is 0 Å². The topological polar surface area (TPSA) is 22.2 Å². The van der Waals surface area contributed by atoms with Crippen LogP contribution in [0.5, 0.6) is 0 Å². The lowest BCUT2D eigenvalue weighted by Crippen LogP contribution is -1.92. The molecule has 0 saturated carbocycles. The van der Waals surface area contributed by atoms with Crippen LogP contribution < -0.4 is 0 Å². The van der Waals surface area contributed by atoms with Crippen molar-refractivity contribution in [2.24, 2.45) is 0 Å². The highest BCUT2D eigenvalue weighted by atomic mass is 32.1. The zero-order chi connectivity index (χ0) is 20.4. The maximum atomic E-state index is 4.95. The molecule has 0 atom stereocenters. The second kappa shape index (κ2) is 6.30. The van der Waals surface area contributed by atoms with E-state index in [0.717, 1.165) is 16.2 Å². The zero-order valence-electron chi connectivity index (χ0n) is 16.6. The molecule has 0 spiro atoms. The summed E-state index contributed by atoms with van der Waals surface area (Å²) >= 11 is 1.73. The van der Waals surface area contributed by atoms with E-state index in [1.54, 1.807) is 11.3 Å². The lowest BCUT2D eigenvalue weighted by atomic mass is 10.1. The number of rotatable bonds is 2. The SMILES string of the molecule is c1ccc(-n2c3ccccc3c3cc(-c4cn5c(n4)sc4ccccc45)ccc32)cc1. The van der Waals surface area contributed by atoms with E-state index in [1.165, 1.54) is 37.7 Å². The Labute approximate surface area is 182 Å². The van der Waals surface area contributed by atoms with Crippen LogP contribution in [0.3, 0.4) is 0 Å². The van der Waals surface area contributed by atoms with Gasteiger partial charge in [0.15, 0.2) is 4.96 Å². The first kappa shape index (κ1) is 16.9. The van der Waals surface area contributed by atoms with Gasteiger partial charge in [0.2, 0.25) is 0 Å². The molecule has 0 aliphatic rings. The number of imidazole rings is 1. The largest absolute Gasteiger partial charge is 0.309 e. The number of hydrogen-bond donors (Lipinski definition) is 0. The summed E-state index contributed by atoms with van der Waals surface area (Å²) in [5, 5.41) is 2.51. The van der Waals surface area contributed by atoms with Gasteiger partial charge in [0.25, 0.3) is 0 Å². The van der Waals surface area contributed by atoms with Gasteiger partial charge in [-0.1, -0.05) is 65.9 Å². The molecule has 3 aromatic heterocycles. The monoisotopic (exact) mass is 415 g/mol. The Morgan fingerprint density at radius 1 is 0.645 bits per heavy atom. The Morgan fingerprint density at radius 3 is 2.29 bits per heavy atom. The van der Waals surface area contributed by atoms with Crippen molar-refractivity contribution in [2.45, 2.75) is 0 Å². The summed E-state index contributed by atoms with van der Waals surface area (Å²) in [5.41, 5.74) is 6.97. The minimum Gasteiger partial charge on any atom is -0.309 e. The van der Waals surface area contributed by atoms with Gasteiger partial charge in [-0.2, -0.15) is 0 Å². The van der Waals surface area contributed by atoms with E-state index < -0.39 is 0 Å². The van der Waals surface area contributed by atoms with Gasteiger partial charge in [0, 0.05) is 28.2 Å². The molecule has 31 heavy (non-hydrogen) atoms. The van der Waals surface area contributed by atoms with Gasteiger partial charge in [-0.3, -0.25) is 4.40 Å². The van der Waals surface area contributed by atoms with Gasteiger partial charge in [-0.15, -0.1) is 0 Å². The van der Waals surface area contributed by atoms with Crippen molar-refractivity contribution in [3.05, 3.63) is 103 Å². The van der Waals surface area contributed by atoms with Crippen molar-refractivity contribution in [3.8, 4) is 16.9 Å². The highest BCUT2D eigenvalue weighted by molar-refractivity contribution is 7.23. The van der Waals surface area contributed by atoms with Gasteiger partial charge < -0.3 is 4.57 Å². The average molecular weight is 416 g/mol. The van der Waals surface area contributed by atoms with Crippen LogP contribution in [-0.4, -0.2) is 14.0 Å². The average Bonchev–Trinajstić information content (AvgIpc) is 3.48. The normalized spacial score (nSPS) is 11.9. The Hall–Kier alpha value is -3.89. The van der Waals surface area contributed by atoms with Crippen molar-refractivity contribution < 1.29 is 0 Å². The number of aromatic nitrogens is 3. The standard InChI is InChI=1S/C27H17N3S/c1-2-8-19(9-3-1)30-23-11-5-4-10-20(23)21-16-18(14-15-24(21)30)22-17-29-25-12-6-7-13-26(25)31-27(29)28-22/h1-17H. The summed E-state index contributed by atoms with van der Waals surface area (Å²) in [7, 11) is 0. The molecule has 0 bridgehead atoms. The molecule has 4 aromatic carbocycles. The minimum absolute atomic E-state index is 1.01. The summed E-state index contributed by atoms with van der Waals surface area (Å²) < 4.78 is 5.80. The Balaban J connectivity index is 1.48. The fraction of sp³-hybridized carbons (Fsp3) is 0. The highest BCUT2D eigenvalue weighted by Gasteiger charge is 2.15. The van der Waals surface area contributed by atoms with Crippen LogP contribution in [0.15, 0.2) is 103 Å². The van der Waals surface area contributed by atoms with Crippen molar-refractivity contribution in [1.82, 2.24) is 14.0 Å². The number of benzene rings is 4. The number of fused-ring (bicyclic) bond motifs is 6. The van der Waals surface area contributed by atoms with E-state index in [2.05, 4.69) is 112 Å². The maximum Gasteiger partial charge on any atom is 0.195 e. The molecule has 3 heterocycles. The Morgan fingerprint density at radius 2 is 1.39 bits per heavy atom. The molecule has 146 valence electrons. The predicted molar refractivity (Wildman–Crippen MR) is 130 cm³/mol. The summed E-state index contributed by atoms with van der Waals surface area (Å²) in [4.78, 5) is 5.98. The highest BCUT2D eigenvalue weighted by Crippen LogP contribution is 2.35. The van der Waals surface area contributed by atoms with E-state index in [9.17, 15) is 0 Å². The van der Waals surface area contributed by atoms with E-state index in [-0.39, 0.29) is 0 Å². The van der Waals surface area contributed by atoms with Crippen LogP contribution in [0.1, 0.15) is 0 Å². The first-order chi connectivity index (χ1) is 15.4. The number of thiazole rings is 1. The molecule has 0 unspecified atom stereocenters. The minimum atomic E-state index is 1.01. The molecule has 7 aromatic rings. The number of para-hydroxylation sites is 3. The predicted octanol–water partition coefficient (Wildman–Crippen LogP) is 7.31. The van der Waals surface area contributed by atoms with Gasteiger partial charge in [-0.25, -0.2) is 4.98 Å². The summed E-state index contributed by atoms with van der Waals surface area (Å²) in [6.45, 7) is 0. The lowest BCUT2D eigenvalue weighted by molar-refractivity contribution is 1.18. The van der Waals surface area contributed by atoms with Crippen LogP contribution in [0.25, 0.3) is 53.9 Å². The Kier molecular flexibility index (Phi) is 3.43. The van der Waals surface area contributed by atoms with Crippen LogP contribution >= 0.6 is 11.3 Å². The molecule has 0 radical (unpaired) electrons. The molecule has 7 rings (SSSR count). The molecule has 0 amide bonds. The number of nitrogens with zero attached hydrogens (tertiary/aromatic N) is 3. The molecule has 0 saturated heterocycles. The van der Waals surface area contributed by atoms with Crippen LogP contribution in [-0.2, 0) is 0 Å². The summed E-state index contributed by atoms with van der Waals surface area (Å²) in [6, 6.07) is 34.4. The molecule has 0 aliphatic carbocycles. The smallest absolute Gasteiger partial charge is 0.195 e. The molecule has 0 N–H and O–H groups in total. The third-order valence-corrected chi connectivity index (χ3v) is 7.02. The summed E-state index contributed by atoms with van der Waals surface area (Å²) in [5.74, 6) is 0. The van der Waals surface area contributed by atoms with E-state index >= 15 is 0 Å². The first-order valence-corrected chi connectivity index (χ1v) is 11.1. The quantitative estimate of drug-likeness (QED) is 0.290. The van der Waals surface area contributed by atoms with E-state index in [4.69, 9.17) is 4.98 Å². The molecule has 0 fully saturated rings. The second-order valence-corrected chi connectivity index (χ2v) is 8.78. The van der Waals surface area contributed by atoms with Gasteiger partial charge in [-0.05, 0) is 42.5 Å². The van der Waals surface area contributed by atoms with Crippen molar-refractivity contribution in [3.63, 3.8) is 0 Å². The second-order valence-electron chi connectivity index (χ2n) is 7.77. The lowest BCUT2D eigenvalue weighted by Gasteiger charge is -2.07. The fourth-order valence-corrected chi connectivity index (χ4v) is 5.58. The van der Waals surface area contributed by atoms with Crippen molar-refractivity contribution >= 4 is 48.3 Å². The van der Waals surface area contributed by atoms with E-state index in [0.29, 0.717) is 0 Å². The zero-order valence-corrected chi connectivity index (χ0v) is 17.4. The van der Waals surface area contributed by atoms with Crippen LogP contribution in [0.4, 0.5) is 0 Å². The molecule has 3 nitrogen and oxygen atoms in total. The molecule has 0 aliphatic heterocycles. The summed E-state index contributed by atoms with van der Waals surface area (Å²) in [6.07, 6.45) is 2.16. The van der Waals surface area contributed by atoms with Gasteiger partial charge in [0.1, 0.15) is 0 Å². The van der Waals surface area contributed by atoms with Gasteiger partial charge in [0.05, 0.1) is 26.9 Å². The Bertz CT molecular complexity index is 1730. The first-order valence-electron chi connectivity index (χ1n) is 10.3. The molecule has 4 heteroatoms. The third kappa shape index (κ3) is 2.43. The fourth-order valence-electron chi connectivity index (χ4n) is 4.58. The maximum absolute atomic E-state index is 4.95. The van der Waals surface area contributed by atoms with Crippen LogP contribution in [0, 0.1) is 0 Å². The number of hydrogen-bond acceptors (Lipinski definition) is 2. The third-order valence-electron chi connectivity index (χ3n) is 5.98. The van der Waals surface area contributed by atoms with Crippen LogP contribution in [0.2, 0.25) is 0 Å². The molecular formula is C27H17N3S. The van der Waals surface area contributed by atoms with Crippen molar-refractivity contribution in [2.75, 3.05) is 0 Å². The van der Waals surface area contributed by atoms with Gasteiger partial charge >= 0.3 is 0 Å². The molecular weight excluding hydrogens is 398 g/mol.